The zero-order valence-electron chi connectivity index (χ0n) is 11.7. The molecule has 0 saturated carbocycles. The van der Waals surface area contributed by atoms with E-state index in [9.17, 15) is 9.59 Å². The van der Waals surface area contributed by atoms with Gasteiger partial charge in [0.15, 0.2) is 0 Å². The van der Waals surface area contributed by atoms with E-state index < -0.39 is 5.97 Å². The fourth-order valence-electron chi connectivity index (χ4n) is 2.32. The Kier molecular flexibility index (Phi) is 7.43. The number of carbonyl (C=O) groups excluding carboxylic acids is 1. The molecule has 0 atom stereocenters. The Labute approximate surface area is 114 Å². The highest BCUT2D eigenvalue weighted by Crippen LogP contribution is 2.05. The lowest BCUT2D eigenvalue weighted by atomic mass is 10.2. The van der Waals surface area contributed by atoms with E-state index in [1.54, 1.807) is 0 Å². The van der Waals surface area contributed by atoms with E-state index in [4.69, 9.17) is 5.11 Å². The van der Waals surface area contributed by atoms with Gasteiger partial charge in [0.2, 0.25) is 5.91 Å². The van der Waals surface area contributed by atoms with E-state index in [1.165, 1.54) is 0 Å². The first kappa shape index (κ1) is 15.9. The Hall–Kier alpha value is -1.14. The molecule has 1 fully saturated rings. The molecule has 0 aromatic carbocycles. The zero-order valence-corrected chi connectivity index (χ0v) is 11.7. The molecule has 0 radical (unpaired) electrons. The number of rotatable bonds is 5. The summed E-state index contributed by atoms with van der Waals surface area (Å²) in [7, 11) is 0. The van der Waals surface area contributed by atoms with E-state index in [1.807, 2.05) is 11.8 Å². The summed E-state index contributed by atoms with van der Waals surface area (Å²) in [6.45, 7) is 6.28. The summed E-state index contributed by atoms with van der Waals surface area (Å²) in [6, 6.07) is 0. The lowest BCUT2D eigenvalue weighted by Gasteiger charge is -2.24. The summed E-state index contributed by atoms with van der Waals surface area (Å²) < 4.78 is 0. The van der Waals surface area contributed by atoms with Gasteiger partial charge in [-0.05, 0) is 32.9 Å². The third-order valence-electron chi connectivity index (χ3n) is 3.28. The number of nitrogens with one attached hydrogen (secondary N) is 1. The number of aliphatic carboxylic acids is 1. The predicted molar refractivity (Wildman–Crippen MR) is 73.1 cm³/mol. The molecule has 2 N–H and O–H groups in total. The van der Waals surface area contributed by atoms with Crippen LogP contribution < -0.4 is 5.32 Å². The second-order valence-corrected chi connectivity index (χ2v) is 4.96. The van der Waals surface area contributed by atoms with Gasteiger partial charge in [0.1, 0.15) is 0 Å². The van der Waals surface area contributed by atoms with Crippen LogP contribution in [0, 0.1) is 0 Å². The normalized spacial score (nSPS) is 19.2. The fourth-order valence-corrected chi connectivity index (χ4v) is 2.32. The van der Waals surface area contributed by atoms with Crippen LogP contribution in [0.15, 0.2) is 0 Å². The average Bonchev–Trinajstić information content (AvgIpc) is 2.43. The van der Waals surface area contributed by atoms with Gasteiger partial charge in [-0.2, -0.15) is 0 Å². The molecule has 0 aromatic heterocycles. The van der Waals surface area contributed by atoms with Crippen molar-refractivity contribution in [3.63, 3.8) is 0 Å². The molecular weight excluding hydrogens is 246 g/mol. The quantitative estimate of drug-likeness (QED) is 0.736. The first-order valence-corrected chi connectivity index (χ1v) is 7.05. The summed E-state index contributed by atoms with van der Waals surface area (Å²) in [6.07, 6.45) is 3.19. The summed E-state index contributed by atoms with van der Waals surface area (Å²) >= 11 is 0. The van der Waals surface area contributed by atoms with Gasteiger partial charge in [0.25, 0.3) is 0 Å². The molecular formula is C13H25N3O3. The summed E-state index contributed by atoms with van der Waals surface area (Å²) in [5, 5.41) is 11.7. The SMILES string of the molecule is CCNC(=O)CN1CCCCCN(CC(=O)O)CC1. The van der Waals surface area contributed by atoms with Crippen LogP contribution in [0.25, 0.3) is 0 Å². The van der Waals surface area contributed by atoms with Crippen molar-refractivity contribution in [2.75, 3.05) is 45.8 Å². The molecule has 6 nitrogen and oxygen atoms in total. The fraction of sp³-hybridized carbons (Fsp3) is 0.846. The molecule has 1 rings (SSSR count). The second kappa shape index (κ2) is 8.87. The topological polar surface area (TPSA) is 72.9 Å². The highest BCUT2D eigenvalue weighted by atomic mass is 16.4. The third kappa shape index (κ3) is 7.12. The van der Waals surface area contributed by atoms with Gasteiger partial charge in [-0.3, -0.25) is 19.4 Å². The Morgan fingerprint density at radius 3 is 2.11 bits per heavy atom. The molecule has 110 valence electrons. The van der Waals surface area contributed by atoms with E-state index in [2.05, 4.69) is 10.2 Å². The van der Waals surface area contributed by atoms with Crippen molar-refractivity contribution in [1.29, 1.82) is 0 Å². The molecule has 0 bridgehead atoms. The molecule has 1 heterocycles. The smallest absolute Gasteiger partial charge is 0.317 e. The number of carboxylic acids is 1. The number of likely N-dealkylation sites (N-methyl/N-ethyl adjacent to an activating group) is 1. The molecule has 6 heteroatoms. The van der Waals surface area contributed by atoms with Crippen molar-refractivity contribution in [3.8, 4) is 0 Å². The monoisotopic (exact) mass is 271 g/mol. The molecule has 0 aromatic rings. The summed E-state index contributed by atoms with van der Waals surface area (Å²) in [5.74, 6) is -0.735. The van der Waals surface area contributed by atoms with E-state index in [0.717, 1.165) is 38.9 Å². The van der Waals surface area contributed by atoms with Gasteiger partial charge in [0, 0.05) is 19.6 Å². The van der Waals surface area contributed by atoms with Crippen LogP contribution in [0.1, 0.15) is 26.2 Å². The Balaban J connectivity index is 2.44. The Morgan fingerprint density at radius 2 is 1.58 bits per heavy atom. The highest BCUT2D eigenvalue weighted by molar-refractivity contribution is 5.77. The van der Waals surface area contributed by atoms with Crippen LogP contribution >= 0.6 is 0 Å². The maximum Gasteiger partial charge on any atom is 0.317 e. The van der Waals surface area contributed by atoms with Crippen LogP contribution in [-0.2, 0) is 9.59 Å². The third-order valence-corrected chi connectivity index (χ3v) is 3.28. The molecule has 1 saturated heterocycles. The molecule has 1 aliphatic heterocycles. The molecule has 0 aliphatic carbocycles. The zero-order chi connectivity index (χ0) is 14.1. The number of carboxylic acid groups (broad SMARTS) is 1. The molecule has 0 spiro atoms. The second-order valence-electron chi connectivity index (χ2n) is 4.96. The minimum absolute atomic E-state index is 0.0477. The van der Waals surface area contributed by atoms with Crippen LogP contribution in [0.5, 0.6) is 0 Å². The maximum absolute atomic E-state index is 11.6. The Bertz CT molecular complexity index is 297. The van der Waals surface area contributed by atoms with Crippen molar-refractivity contribution in [2.24, 2.45) is 0 Å². The average molecular weight is 271 g/mol. The van der Waals surface area contributed by atoms with Crippen molar-refractivity contribution in [3.05, 3.63) is 0 Å². The summed E-state index contributed by atoms with van der Waals surface area (Å²) in [4.78, 5) is 26.4. The van der Waals surface area contributed by atoms with Gasteiger partial charge in [-0.15, -0.1) is 0 Å². The molecule has 0 unspecified atom stereocenters. The number of carbonyl (C=O) groups is 2. The number of hydrogen-bond acceptors (Lipinski definition) is 4. The molecule has 1 aliphatic rings. The minimum atomic E-state index is -0.783. The van der Waals surface area contributed by atoms with Crippen molar-refractivity contribution in [2.45, 2.75) is 26.2 Å². The predicted octanol–water partition coefficient (Wildman–Crippen LogP) is -0.00500. The molecule has 1 amide bonds. The van der Waals surface area contributed by atoms with E-state index in [0.29, 0.717) is 19.6 Å². The molecule has 19 heavy (non-hydrogen) atoms. The lowest BCUT2D eigenvalue weighted by Crippen LogP contribution is -2.42. The van der Waals surface area contributed by atoms with Crippen LogP contribution in [0.3, 0.4) is 0 Å². The van der Waals surface area contributed by atoms with Crippen molar-refractivity contribution >= 4 is 11.9 Å². The minimum Gasteiger partial charge on any atom is -0.480 e. The first-order valence-electron chi connectivity index (χ1n) is 7.05. The van der Waals surface area contributed by atoms with Crippen molar-refractivity contribution < 1.29 is 14.7 Å². The van der Waals surface area contributed by atoms with Crippen molar-refractivity contribution in [1.82, 2.24) is 15.1 Å². The number of amides is 1. The standard InChI is InChI=1S/C13H25N3O3/c1-2-14-12(17)10-15-6-4-3-5-7-16(9-8-15)11-13(18)19/h2-11H2,1H3,(H,14,17)(H,18,19). The van der Waals surface area contributed by atoms with Crippen LogP contribution in [0.4, 0.5) is 0 Å². The van der Waals surface area contributed by atoms with Gasteiger partial charge in [-0.1, -0.05) is 6.42 Å². The Morgan fingerprint density at radius 1 is 1.00 bits per heavy atom. The van der Waals surface area contributed by atoms with Gasteiger partial charge in [0.05, 0.1) is 13.1 Å². The van der Waals surface area contributed by atoms with Crippen LogP contribution in [0.2, 0.25) is 0 Å². The van der Waals surface area contributed by atoms with Gasteiger partial charge < -0.3 is 10.4 Å². The maximum atomic E-state index is 11.6. The highest BCUT2D eigenvalue weighted by Gasteiger charge is 2.16. The first-order chi connectivity index (χ1) is 9.11. The summed E-state index contributed by atoms with van der Waals surface area (Å²) in [5.41, 5.74) is 0. The number of nitrogens with zero attached hydrogens (tertiary/aromatic N) is 2. The van der Waals surface area contributed by atoms with Gasteiger partial charge >= 0.3 is 5.97 Å². The largest absolute Gasteiger partial charge is 0.480 e. The number of hydrogen-bond donors (Lipinski definition) is 2. The lowest BCUT2D eigenvalue weighted by molar-refractivity contribution is -0.138. The van der Waals surface area contributed by atoms with Crippen LogP contribution in [-0.4, -0.2) is 72.6 Å². The van der Waals surface area contributed by atoms with Gasteiger partial charge in [-0.25, -0.2) is 0 Å². The van der Waals surface area contributed by atoms with E-state index in [-0.39, 0.29) is 12.5 Å². The van der Waals surface area contributed by atoms with E-state index >= 15 is 0 Å².